The lowest BCUT2D eigenvalue weighted by Gasteiger charge is -2.12. The van der Waals surface area contributed by atoms with E-state index in [9.17, 15) is 9.59 Å². The van der Waals surface area contributed by atoms with E-state index in [2.05, 4.69) is 10.6 Å². The number of benzene rings is 1. The number of anilines is 1. The van der Waals surface area contributed by atoms with Gasteiger partial charge in [0.2, 0.25) is 11.8 Å². The molecule has 2 amide bonds. The van der Waals surface area contributed by atoms with E-state index in [1.807, 2.05) is 0 Å². The van der Waals surface area contributed by atoms with Crippen LogP contribution in [0.3, 0.4) is 0 Å². The van der Waals surface area contributed by atoms with Crippen LogP contribution in [0.25, 0.3) is 0 Å². The van der Waals surface area contributed by atoms with Crippen molar-refractivity contribution in [2.24, 2.45) is 5.73 Å². The van der Waals surface area contributed by atoms with Crippen molar-refractivity contribution in [1.29, 1.82) is 0 Å². The van der Waals surface area contributed by atoms with E-state index >= 15 is 0 Å². The van der Waals surface area contributed by atoms with Crippen LogP contribution in [0.1, 0.15) is 36.0 Å². The van der Waals surface area contributed by atoms with Crippen LogP contribution >= 0.6 is 0 Å². The number of carbonyl (C=O) groups is 2. The van der Waals surface area contributed by atoms with E-state index in [-0.39, 0.29) is 5.91 Å². The van der Waals surface area contributed by atoms with Gasteiger partial charge in [-0.1, -0.05) is 18.9 Å². The summed E-state index contributed by atoms with van der Waals surface area (Å²) in [6.07, 6.45) is 4.76. The summed E-state index contributed by atoms with van der Waals surface area (Å²) in [5.41, 5.74) is 6.17. The van der Waals surface area contributed by atoms with Crippen LogP contribution in [0.15, 0.2) is 24.3 Å². The van der Waals surface area contributed by atoms with Gasteiger partial charge >= 0.3 is 0 Å². The average Bonchev–Trinajstić information content (AvgIpc) is 2.90. The molecule has 0 aliphatic heterocycles. The lowest BCUT2D eigenvalue weighted by atomic mass is 10.2. The second-order valence-corrected chi connectivity index (χ2v) is 4.86. The molecule has 0 bridgehead atoms. The molecule has 0 radical (unpaired) electrons. The molecular weight excluding hydrogens is 242 g/mol. The van der Waals surface area contributed by atoms with Crippen LogP contribution < -0.4 is 16.4 Å². The first-order valence-electron chi connectivity index (χ1n) is 6.58. The molecule has 0 heterocycles. The lowest BCUT2D eigenvalue weighted by molar-refractivity contribution is -0.115. The minimum absolute atomic E-state index is 0.103. The summed E-state index contributed by atoms with van der Waals surface area (Å²) in [5, 5.41) is 5.99. The van der Waals surface area contributed by atoms with Crippen molar-refractivity contribution in [3.63, 3.8) is 0 Å². The monoisotopic (exact) mass is 261 g/mol. The zero-order chi connectivity index (χ0) is 13.7. The number of hydrogen-bond acceptors (Lipinski definition) is 3. The fourth-order valence-corrected chi connectivity index (χ4v) is 2.32. The summed E-state index contributed by atoms with van der Waals surface area (Å²) in [7, 11) is 0. The summed E-state index contributed by atoms with van der Waals surface area (Å²) >= 11 is 0. The summed E-state index contributed by atoms with van der Waals surface area (Å²) in [6, 6.07) is 7.09. The zero-order valence-electron chi connectivity index (χ0n) is 10.8. The highest BCUT2D eigenvalue weighted by molar-refractivity contribution is 5.96. The van der Waals surface area contributed by atoms with Crippen LogP contribution in [0.2, 0.25) is 0 Å². The maximum atomic E-state index is 11.8. The van der Waals surface area contributed by atoms with Crippen molar-refractivity contribution in [2.45, 2.75) is 31.7 Å². The molecule has 5 nitrogen and oxygen atoms in total. The largest absolute Gasteiger partial charge is 0.366 e. The van der Waals surface area contributed by atoms with Gasteiger partial charge in [-0.15, -0.1) is 0 Å². The number of hydrogen-bond donors (Lipinski definition) is 3. The molecule has 0 spiro atoms. The third-order valence-corrected chi connectivity index (χ3v) is 3.34. The number of amides is 2. The van der Waals surface area contributed by atoms with E-state index in [0.29, 0.717) is 23.8 Å². The van der Waals surface area contributed by atoms with Crippen molar-refractivity contribution in [1.82, 2.24) is 5.32 Å². The summed E-state index contributed by atoms with van der Waals surface area (Å²) in [6.45, 7) is 0.297. The molecule has 102 valence electrons. The van der Waals surface area contributed by atoms with Crippen LogP contribution in [-0.4, -0.2) is 24.4 Å². The number of rotatable bonds is 5. The fraction of sp³-hybridized carbons (Fsp3) is 0.429. The topological polar surface area (TPSA) is 84.2 Å². The molecular formula is C14H19N3O2. The highest BCUT2D eigenvalue weighted by Gasteiger charge is 2.15. The van der Waals surface area contributed by atoms with Crippen molar-refractivity contribution in [3.8, 4) is 0 Å². The number of nitrogens with one attached hydrogen (secondary N) is 2. The Hall–Kier alpha value is -1.88. The third kappa shape index (κ3) is 4.06. The van der Waals surface area contributed by atoms with Gasteiger partial charge in [-0.3, -0.25) is 9.59 Å². The molecule has 1 aliphatic carbocycles. The molecule has 0 saturated heterocycles. The third-order valence-electron chi connectivity index (χ3n) is 3.34. The molecule has 1 aromatic rings. The van der Waals surface area contributed by atoms with Crippen LogP contribution in [0.4, 0.5) is 5.69 Å². The summed E-state index contributed by atoms with van der Waals surface area (Å²) in [4.78, 5) is 22.8. The number of nitrogens with two attached hydrogens (primary N) is 1. The Bertz CT molecular complexity index is 468. The molecule has 2 rings (SSSR count). The van der Waals surface area contributed by atoms with Gasteiger partial charge in [0.15, 0.2) is 0 Å². The van der Waals surface area contributed by atoms with Gasteiger partial charge < -0.3 is 16.4 Å². The first kappa shape index (κ1) is 13.5. The molecule has 4 N–H and O–H groups in total. The Morgan fingerprint density at radius 3 is 2.68 bits per heavy atom. The lowest BCUT2D eigenvalue weighted by Crippen LogP contribution is -2.34. The number of primary amides is 1. The van der Waals surface area contributed by atoms with Gasteiger partial charge in [0.25, 0.3) is 0 Å². The SMILES string of the molecule is NC(=O)c1cccc(NC(=O)CNC2CCCC2)c1. The summed E-state index contributed by atoms with van der Waals surface area (Å²) < 4.78 is 0. The van der Waals surface area contributed by atoms with E-state index in [4.69, 9.17) is 5.73 Å². The van der Waals surface area contributed by atoms with Crippen LogP contribution in [-0.2, 0) is 4.79 Å². The Kier molecular flexibility index (Phi) is 4.52. The van der Waals surface area contributed by atoms with Crippen molar-refractivity contribution < 1.29 is 9.59 Å². The second-order valence-electron chi connectivity index (χ2n) is 4.86. The van der Waals surface area contributed by atoms with Gasteiger partial charge in [0.05, 0.1) is 6.54 Å². The maximum Gasteiger partial charge on any atom is 0.248 e. The Morgan fingerprint density at radius 2 is 2.00 bits per heavy atom. The molecule has 0 aromatic heterocycles. The predicted molar refractivity (Wildman–Crippen MR) is 73.8 cm³/mol. The second kappa shape index (κ2) is 6.33. The van der Waals surface area contributed by atoms with E-state index < -0.39 is 5.91 Å². The van der Waals surface area contributed by atoms with Crippen molar-refractivity contribution in [2.75, 3.05) is 11.9 Å². The summed E-state index contributed by atoms with van der Waals surface area (Å²) in [5.74, 6) is -0.603. The Balaban J connectivity index is 1.84. The molecule has 1 fully saturated rings. The molecule has 0 unspecified atom stereocenters. The normalized spacial score (nSPS) is 15.4. The van der Waals surface area contributed by atoms with E-state index in [1.165, 1.54) is 12.8 Å². The first-order valence-corrected chi connectivity index (χ1v) is 6.58. The molecule has 19 heavy (non-hydrogen) atoms. The smallest absolute Gasteiger partial charge is 0.248 e. The van der Waals surface area contributed by atoms with Gasteiger partial charge in [-0.25, -0.2) is 0 Å². The van der Waals surface area contributed by atoms with Gasteiger partial charge in [-0.2, -0.15) is 0 Å². The Morgan fingerprint density at radius 1 is 1.26 bits per heavy atom. The first-order chi connectivity index (χ1) is 9.15. The van der Waals surface area contributed by atoms with Gasteiger partial charge in [-0.05, 0) is 31.0 Å². The average molecular weight is 261 g/mol. The molecule has 1 saturated carbocycles. The molecule has 1 aliphatic rings. The van der Waals surface area contributed by atoms with Gasteiger partial charge in [0.1, 0.15) is 0 Å². The quantitative estimate of drug-likeness (QED) is 0.746. The van der Waals surface area contributed by atoms with Crippen molar-refractivity contribution in [3.05, 3.63) is 29.8 Å². The van der Waals surface area contributed by atoms with E-state index in [1.54, 1.807) is 24.3 Å². The van der Waals surface area contributed by atoms with Gasteiger partial charge in [0, 0.05) is 17.3 Å². The number of carbonyl (C=O) groups excluding carboxylic acids is 2. The predicted octanol–water partition coefficient (Wildman–Crippen LogP) is 1.26. The molecule has 5 heteroatoms. The van der Waals surface area contributed by atoms with Crippen LogP contribution in [0, 0.1) is 0 Å². The van der Waals surface area contributed by atoms with Crippen molar-refractivity contribution >= 4 is 17.5 Å². The highest BCUT2D eigenvalue weighted by atomic mass is 16.2. The Labute approximate surface area is 112 Å². The van der Waals surface area contributed by atoms with E-state index in [0.717, 1.165) is 12.8 Å². The minimum atomic E-state index is -0.500. The highest BCUT2D eigenvalue weighted by Crippen LogP contribution is 2.17. The van der Waals surface area contributed by atoms with Crippen LogP contribution in [0.5, 0.6) is 0 Å². The molecule has 0 atom stereocenters. The minimum Gasteiger partial charge on any atom is -0.366 e. The maximum absolute atomic E-state index is 11.8. The standard InChI is InChI=1S/C14H19N3O2/c15-14(19)10-4-3-7-12(8-10)17-13(18)9-16-11-5-1-2-6-11/h3-4,7-8,11,16H,1-2,5-6,9H2,(H2,15,19)(H,17,18). The zero-order valence-corrected chi connectivity index (χ0v) is 10.8. The molecule has 1 aromatic carbocycles. The fourth-order valence-electron chi connectivity index (χ4n) is 2.32.